The van der Waals surface area contributed by atoms with Crippen LogP contribution in [0.1, 0.15) is 36.7 Å². The van der Waals surface area contributed by atoms with Gasteiger partial charge >= 0.3 is 5.97 Å². The number of thiol groups is 1. The highest BCUT2D eigenvalue weighted by atomic mass is 32.2. The highest BCUT2D eigenvalue weighted by Crippen LogP contribution is 2.36. The van der Waals surface area contributed by atoms with Crippen molar-refractivity contribution in [1.29, 1.82) is 0 Å². The second kappa shape index (κ2) is 4.85. The van der Waals surface area contributed by atoms with Gasteiger partial charge in [0.25, 0.3) is 0 Å². The first-order valence-corrected chi connectivity index (χ1v) is 6.39. The second-order valence-electron chi connectivity index (χ2n) is 4.88. The number of nitrogens with two attached hydrogens (primary N) is 1. The molecule has 7 heteroatoms. The number of hydrogen-bond donors (Lipinski definition) is 4. The van der Waals surface area contributed by atoms with Crippen LogP contribution in [0.5, 0.6) is 0 Å². The molecule has 1 aromatic rings. The van der Waals surface area contributed by atoms with Crippen molar-refractivity contribution in [2.45, 2.75) is 26.2 Å². The van der Waals surface area contributed by atoms with Crippen molar-refractivity contribution in [2.24, 2.45) is 0 Å². The molecule has 0 atom stereocenters. The Morgan fingerprint density at radius 3 is 2.28 bits per heavy atom. The maximum Gasteiger partial charge on any atom is 0.336 e. The number of rotatable bonds is 3. The van der Waals surface area contributed by atoms with Gasteiger partial charge in [-0.2, -0.15) is 0 Å². The molecule has 0 bridgehead atoms. The predicted octanol–water partition coefficient (Wildman–Crippen LogP) is 1.20. The lowest BCUT2D eigenvalue weighted by Crippen LogP contribution is -2.20. The van der Waals surface area contributed by atoms with Crippen LogP contribution in [0.15, 0.2) is 12.1 Å². The van der Waals surface area contributed by atoms with E-state index in [-0.39, 0.29) is 16.9 Å². The molecular formula is C11H16N2O4S. The zero-order valence-corrected chi connectivity index (χ0v) is 11.2. The van der Waals surface area contributed by atoms with Crippen molar-refractivity contribution in [1.82, 2.24) is 0 Å². The smallest absolute Gasteiger partial charge is 0.336 e. The topological polar surface area (TPSA) is 109 Å². The minimum atomic E-state index is -2.91. The molecule has 0 heterocycles. The number of carboxylic acid groups (broad SMARTS) is 1. The van der Waals surface area contributed by atoms with Crippen molar-refractivity contribution >= 4 is 28.2 Å². The molecule has 0 aliphatic heterocycles. The molecule has 1 aromatic carbocycles. The summed E-state index contributed by atoms with van der Waals surface area (Å²) < 4.78 is 23.8. The Balaban J connectivity index is 3.66. The molecular weight excluding hydrogens is 256 g/mol. The van der Waals surface area contributed by atoms with E-state index in [2.05, 4.69) is 4.72 Å². The van der Waals surface area contributed by atoms with Crippen LogP contribution >= 0.6 is 0 Å². The third-order valence-corrected chi connectivity index (χ3v) is 2.83. The van der Waals surface area contributed by atoms with E-state index in [1.165, 1.54) is 12.1 Å². The van der Waals surface area contributed by atoms with Crippen molar-refractivity contribution in [3.05, 3.63) is 23.3 Å². The molecule has 0 fully saturated rings. The van der Waals surface area contributed by atoms with Crippen molar-refractivity contribution in [3.63, 3.8) is 0 Å². The van der Waals surface area contributed by atoms with Crippen LogP contribution in [0.3, 0.4) is 0 Å². The SMILES string of the molecule is CC(C)(C)c1c(C(=O)O)ccc(N)c1N[SH](=O)=O. The quantitative estimate of drug-likeness (QED) is 0.488. The van der Waals surface area contributed by atoms with Crippen molar-refractivity contribution < 1.29 is 18.3 Å². The van der Waals surface area contributed by atoms with Crippen LogP contribution < -0.4 is 10.5 Å². The lowest BCUT2D eigenvalue weighted by molar-refractivity contribution is 0.0694. The van der Waals surface area contributed by atoms with E-state index in [9.17, 15) is 13.2 Å². The molecule has 0 saturated heterocycles. The number of carboxylic acids is 1. The number of nitrogen functional groups attached to an aromatic ring is 1. The molecule has 1 rings (SSSR count). The first-order valence-electron chi connectivity index (χ1n) is 5.22. The number of nitrogens with one attached hydrogen (secondary N) is 1. The van der Waals surface area contributed by atoms with Crippen LogP contribution in [0.25, 0.3) is 0 Å². The lowest BCUT2D eigenvalue weighted by Gasteiger charge is -2.25. The van der Waals surface area contributed by atoms with Crippen LogP contribution in [0.4, 0.5) is 11.4 Å². The van der Waals surface area contributed by atoms with E-state index in [4.69, 9.17) is 10.8 Å². The fourth-order valence-electron chi connectivity index (χ4n) is 1.79. The van der Waals surface area contributed by atoms with Gasteiger partial charge in [-0.05, 0) is 23.1 Å². The Hall–Kier alpha value is -1.76. The third-order valence-electron chi connectivity index (χ3n) is 2.42. The summed E-state index contributed by atoms with van der Waals surface area (Å²) >= 11 is 0. The normalized spacial score (nSPS) is 11.6. The Kier molecular flexibility index (Phi) is 3.85. The van der Waals surface area contributed by atoms with E-state index >= 15 is 0 Å². The summed E-state index contributed by atoms with van der Waals surface area (Å²) in [4.78, 5) is 11.2. The number of benzene rings is 1. The van der Waals surface area contributed by atoms with Crippen LogP contribution in [0, 0.1) is 0 Å². The predicted molar refractivity (Wildman–Crippen MR) is 70.5 cm³/mol. The zero-order valence-electron chi connectivity index (χ0n) is 10.4. The van der Waals surface area contributed by atoms with Crippen LogP contribution in [0.2, 0.25) is 0 Å². The average Bonchev–Trinajstić information content (AvgIpc) is 2.17. The van der Waals surface area contributed by atoms with E-state index in [0.29, 0.717) is 5.56 Å². The lowest BCUT2D eigenvalue weighted by atomic mass is 9.82. The fraction of sp³-hybridized carbons (Fsp3) is 0.364. The molecule has 0 amide bonds. The van der Waals surface area contributed by atoms with E-state index in [0.717, 1.165) is 0 Å². The summed E-state index contributed by atoms with van der Waals surface area (Å²) in [6.07, 6.45) is 0. The highest BCUT2D eigenvalue weighted by molar-refractivity contribution is 7.73. The number of carbonyl (C=O) groups is 1. The van der Waals surface area contributed by atoms with Gasteiger partial charge in [-0.15, -0.1) is 0 Å². The molecule has 0 radical (unpaired) electrons. The van der Waals surface area contributed by atoms with Gasteiger partial charge < -0.3 is 10.8 Å². The minimum Gasteiger partial charge on any atom is -0.478 e. The Morgan fingerprint density at radius 2 is 1.89 bits per heavy atom. The maximum absolute atomic E-state index is 11.2. The Morgan fingerprint density at radius 1 is 1.33 bits per heavy atom. The molecule has 0 aliphatic carbocycles. The molecule has 18 heavy (non-hydrogen) atoms. The van der Waals surface area contributed by atoms with Crippen molar-refractivity contribution in [2.75, 3.05) is 10.5 Å². The summed E-state index contributed by atoms with van der Waals surface area (Å²) in [6.45, 7) is 5.37. The summed E-state index contributed by atoms with van der Waals surface area (Å²) in [5.41, 5.74) is 5.90. The fourth-order valence-corrected chi connectivity index (χ4v) is 2.21. The summed E-state index contributed by atoms with van der Waals surface area (Å²) in [5.74, 6) is -1.12. The Labute approximate surface area is 107 Å². The molecule has 0 unspecified atom stereocenters. The molecule has 0 aromatic heterocycles. The molecule has 6 nitrogen and oxygen atoms in total. The largest absolute Gasteiger partial charge is 0.478 e. The van der Waals surface area contributed by atoms with Gasteiger partial charge in [-0.3, -0.25) is 4.72 Å². The van der Waals surface area contributed by atoms with Gasteiger partial charge in [0, 0.05) is 0 Å². The highest BCUT2D eigenvalue weighted by Gasteiger charge is 2.26. The summed E-state index contributed by atoms with van der Waals surface area (Å²) in [6, 6.07) is 2.75. The minimum absolute atomic E-state index is 0.0380. The van der Waals surface area contributed by atoms with Crippen LogP contribution in [-0.4, -0.2) is 19.5 Å². The van der Waals surface area contributed by atoms with E-state index in [1.807, 2.05) is 0 Å². The molecule has 0 saturated carbocycles. The van der Waals surface area contributed by atoms with Gasteiger partial charge in [0.2, 0.25) is 10.9 Å². The van der Waals surface area contributed by atoms with E-state index in [1.54, 1.807) is 20.8 Å². The van der Waals surface area contributed by atoms with Gasteiger partial charge in [0.1, 0.15) is 0 Å². The van der Waals surface area contributed by atoms with Crippen LogP contribution in [-0.2, 0) is 16.3 Å². The number of aromatic carboxylic acids is 1. The molecule has 100 valence electrons. The molecule has 4 N–H and O–H groups in total. The second-order valence-corrected chi connectivity index (χ2v) is 5.61. The third kappa shape index (κ3) is 2.92. The van der Waals surface area contributed by atoms with Gasteiger partial charge in [0.05, 0.1) is 16.9 Å². The number of hydrogen-bond acceptors (Lipinski definition) is 4. The first-order chi connectivity index (χ1) is 8.14. The van der Waals surface area contributed by atoms with Gasteiger partial charge in [-0.1, -0.05) is 20.8 Å². The first kappa shape index (κ1) is 14.3. The van der Waals surface area contributed by atoms with E-state index < -0.39 is 22.3 Å². The average molecular weight is 272 g/mol. The zero-order chi connectivity index (χ0) is 14.1. The molecule has 0 spiro atoms. The van der Waals surface area contributed by atoms with Gasteiger partial charge in [0.15, 0.2) is 0 Å². The van der Waals surface area contributed by atoms with Crippen molar-refractivity contribution in [3.8, 4) is 0 Å². The summed E-state index contributed by atoms with van der Waals surface area (Å²) in [7, 11) is -2.91. The summed E-state index contributed by atoms with van der Waals surface area (Å²) in [5, 5.41) is 9.16. The standard InChI is InChI=1S/C11H16N2O4S/c1-11(2,3)8-6(10(14)15)4-5-7(12)9(8)13-18(16)17/h4-5,18H,12H2,1-3H3,(H,14,15)(H,13,16,17). The maximum atomic E-state index is 11.2. The van der Waals surface area contributed by atoms with Gasteiger partial charge in [-0.25, -0.2) is 13.2 Å². The number of anilines is 2. The monoisotopic (exact) mass is 272 g/mol. The molecule has 0 aliphatic rings. The Bertz CT molecular complexity index is 551.